The van der Waals surface area contributed by atoms with Crippen LogP contribution in [0.4, 0.5) is 0 Å². The maximum absolute atomic E-state index is 11.5. The number of H-pyrrole nitrogens is 1. The molecule has 0 aliphatic carbocycles. The minimum atomic E-state index is -0.236. The van der Waals surface area contributed by atoms with Gasteiger partial charge in [-0.2, -0.15) is 5.16 Å². The second-order valence-electron chi connectivity index (χ2n) is 3.16. The summed E-state index contributed by atoms with van der Waals surface area (Å²) in [6.07, 6.45) is 0.652. The average molecular weight is 224 g/mol. The summed E-state index contributed by atoms with van der Waals surface area (Å²) < 4.78 is 5.06. The number of benzene rings is 1. The topological polar surface area (TPSA) is 46.0 Å². The molecule has 1 heterocycles. The Morgan fingerprint density at radius 3 is 2.80 bits per heavy atom. The lowest BCUT2D eigenvalue weighted by Crippen LogP contribution is -2.02. The highest BCUT2D eigenvalue weighted by Crippen LogP contribution is 2.27. The Labute approximate surface area is 91.6 Å². The molecule has 0 radical (unpaired) electrons. The van der Waals surface area contributed by atoms with Gasteiger partial charge in [0.15, 0.2) is 0 Å². The summed E-state index contributed by atoms with van der Waals surface area (Å²) in [6, 6.07) is 7.23. The van der Waals surface area contributed by atoms with Crippen molar-refractivity contribution in [2.45, 2.75) is 13.3 Å². The van der Waals surface area contributed by atoms with Gasteiger partial charge < -0.3 is 4.52 Å². The molecule has 0 spiro atoms. The van der Waals surface area contributed by atoms with Crippen molar-refractivity contribution in [3.8, 4) is 11.1 Å². The van der Waals surface area contributed by atoms with Gasteiger partial charge in [-0.3, -0.25) is 4.79 Å². The lowest BCUT2D eigenvalue weighted by atomic mass is 10.1. The summed E-state index contributed by atoms with van der Waals surface area (Å²) in [4.78, 5) is 11.5. The number of nitrogens with one attached hydrogen (secondary N) is 1. The van der Waals surface area contributed by atoms with E-state index in [9.17, 15) is 4.79 Å². The van der Waals surface area contributed by atoms with Crippen LogP contribution in [-0.4, -0.2) is 5.16 Å². The number of hydrogen-bond donors (Lipinski definition) is 1. The van der Waals surface area contributed by atoms with Crippen molar-refractivity contribution < 1.29 is 4.52 Å². The van der Waals surface area contributed by atoms with Crippen LogP contribution in [-0.2, 0) is 6.42 Å². The van der Waals surface area contributed by atoms with Crippen molar-refractivity contribution >= 4 is 11.6 Å². The average Bonchev–Trinajstić information content (AvgIpc) is 2.60. The summed E-state index contributed by atoms with van der Waals surface area (Å²) in [5, 5.41) is 2.88. The van der Waals surface area contributed by atoms with Crippen molar-refractivity contribution in [1.29, 1.82) is 0 Å². The molecule has 0 saturated carbocycles. The highest BCUT2D eigenvalue weighted by molar-refractivity contribution is 6.33. The Balaban J connectivity index is 2.68. The van der Waals surface area contributed by atoms with Gasteiger partial charge >= 0.3 is 0 Å². The normalized spacial score (nSPS) is 10.5. The molecule has 1 aromatic heterocycles. The molecule has 2 aromatic rings. The van der Waals surface area contributed by atoms with Gasteiger partial charge in [0.1, 0.15) is 5.76 Å². The third kappa shape index (κ3) is 1.70. The fourth-order valence-electron chi connectivity index (χ4n) is 1.52. The van der Waals surface area contributed by atoms with Crippen molar-refractivity contribution in [2.24, 2.45) is 0 Å². The molecular weight excluding hydrogens is 214 g/mol. The molecule has 0 unspecified atom stereocenters. The van der Waals surface area contributed by atoms with Crippen LogP contribution in [0.3, 0.4) is 0 Å². The predicted molar refractivity (Wildman–Crippen MR) is 59.2 cm³/mol. The van der Waals surface area contributed by atoms with Gasteiger partial charge in [0.2, 0.25) is 0 Å². The standard InChI is InChI=1S/C11H10ClNO2/c1-2-9-10(11(14)13-15-9)7-5-3-4-6-8(7)12/h3-6H,2H2,1H3,(H,13,14). The second kappa shape index (κ2) is 3.95. The molecule has 78 valence electrons. The molecule has 0 bridgehead atoms. The highest BCUT2D eigenvalue weighted by Gasteiger charge is 2.15. The Hall–Kier alpha value is -1.48. The van der Waals surface area contributed by atoms with Crippen LogP contribution < -0.4 is 5.56 Å². The van der Waals surface area contributed by atoms with E-state index in [1.54, 1.807) is 6.07 Å². The molecule has 0 atom stereocenters. The third-order valence-corrected chi connectivity index (χ3v) is 2.57. The zero-order valence-corrected chi connectivity index (χ0v) is 8.97. The molecule has 2 rings (SSSR count). The molecule has 1 N–H and O–H groups in total. The Morgan fingerprint density at radius 1 is 1.40 bits per heavy atom. The van der Waals surface area contributed by atoms with Gasteiger partial charge in [-0.15, -0.1) is 0 Å². The molecule has 0 aliphatic rings. The lowest BCUT2D eigenvalue weighted by Gasteiger charge is -2.00. The molecule has 0 saturated heterocycles. The quantitative estimate of drug-likeness (QED) is 0.851. The second-order valence-corrected chi connectivity index (χ2v) is 3.57. The fourth-order valence-corrected chi connectivity index (χ4v) is 1.75. The van der Waals surface area contributed by atoms with Crippen LogP contribution in [0.1, 0.15) is 12.7 Å². The third-order valence-electron chi connectivity index (χ3n) is 2.24. The summed E-state index contributed by atoms with van der Waals surface area (Å²) in [6.45, 7) is 1.92. The van der Waals surface area contributed by atoms with E-state index < -0.39 is 0 Å². The minimum Gasteiger partial charge on any atom is -0.383 e. The molecule has 1 aromatic carbocycles. The summed E-state index contributed by atoms with van der Waals surface area (Å²) in [5.41, 5.74) is 1.01. The first-order chi connectivity index (χ1) is 7.24. The van der Waals surface area contributed by atoms with E-state index in [0.717, 1.165) is 0 Å². The maximum Gasteiger partial charge on any atom is 0.288 e. The smallest absolute Gasteiger partial charge is 0.288 e. The summed E-state index contributed by atoms with van der Waals surface area (Å²) in [7, 11) is 0. The minimum absolute atomic E-state index is 0.236. The summed E-state index contributed by atoms with van der Waals surface area (Å²) in [5.74, 6) is 0.633. The molecule has 15 heavy (non-hydrogen) atoms. The predicted octanol–water partition coefficient (Wildman–Crippen LogP) is 2.85. The number of hydrogen-bond acceptors (Lipinski definition) is 2. The van der Waals surface area contributed by atoms with Crippen LogP contribution >= 0.6 is 11.6 Å². The zero-order chi connectivity index (χ0) is 10.8. The Morgan fingerprint density at radius 2 is 2.13 bits per heavy atom. The molecule has 0 fully saturated rings. The van der Waals surface area contributed by atoms with E-state index in [4.69, 9.17) is 16.1 Å². The van der Waals surface area contributed by atoms with E-state index in [0.29, 0.717) is 28.3 Å². The van der Waals surface area contributed by atoms with Gasteiger partial charge in [0.25, 0.3) is 5.56 Å². The van der Waals surface area contributed by atoms with Gasteiger partial charge in [0.05, 0.1) is 5.56 Å². The van der Waals surface area contributed by atoms with Gasteiger partial charge in [0, 0.05) is 17.0 Å². The zero-order valence-electron chi connectivity index (χ0n) is 8.21. The van der Waals surface area contributed by atoms with Gasteiger partial charge in [-0.1, -0.05) is 36.7 Å². The number of halogens is 1. The van der Waals surface area contributed by atoms with E-state index in [-0.39, 0.29) is 5.56 Å². The first-order valence-corrected chi connectivity index (χ1v) is 5.07. The number of aromatic nitrogens is 1. The van der Waals surface area contributed by atoms with E-state index in [1.165, 1.54) is 0 Å². The number of rotatable bonds is 2. The maximum atomic E-state index is 11.5. The van der Waals surface area contributed by atoms with Crippen LogP contribution in [0, 0.1) is 0 Å². The van der Waals surface area contributed by atoms with Crippen LogP contribution in [0.2, 0.25) is 5.02 Å². The van der Waals surface area contributed by atoms with Gasteiger partial charge in [-0.05, 0) is 6.07 Å². The first-order valence-electron chi connectivity index (χ1n) is 4.69. The number of aromatic amines is 1. The lowest BCUT2D eigenvalue weighted by molar-refractivity contribution is 0.382. The fraction of sp³-hybridized carbons (Fsp3) is 0.182. The molecule has 0 amide bonds. The molecule has 0 aliphatic heterocycles. The largest absolute Gasteiger partial charge is 0.383 e. The van der Waals surface area contributed by atoms with E-state index in [1.807, 2.05) is 25.1 Å². The van der Waals surface area contributed by atoms with Crippen molar-refractivity contribution in [3.63, 3.8) is 0 Å². The van der Waals surface area contributed by atoms with Crippen molar-refractivity contribution in [1.82, 2.24) is 5.16 Å². The van der Waals surface area contributed by atoms with Crippen LogP contribution in [0.15, 0.2) is 33.6 Å². The monoisotopic (exact) mass is 223 g/mol. The van der Waals surface area contributed by atoms with Crippen LogP contribution in [0.5, 0.6) is 0 Å². The Bertz CT molecular complexity index is 527. The Kier molecular flexibility index (Phi) is 2.64. The molecular formula is C11H10ClNO2. The number of aryl methyl sites for hydroxylation is 1. The first kappa shape index (κ1) is 10.1. The van der Waals surface area contributed by atoms with Gasteiger partial charge in [-0.25, -0.2) is 0 Å². The molecule has 4 heteroatoms. The van der Waals surface area contributed by atoms with Crippen molar-refractivity contribution in [3.05, 3.63) is 45.4 Å². The van der Waals surface area contributed by atoms with E-state index in [2.05, 4.69) is 5.16 Å². The summed E-state index contributed by atoms with van der Waals surface area (Å²) >= 11 is 6.02. The highest BCUT2D eigenvalue weighted by atomic mass is 35.5. The van der Waals surface area contributed by atoms with E-state index >= 15 is 0 Å². The van der Waals surface area contributed by atoms with Crippen molar-refractivity contribution in [2.75, 3.05) is 0 Å². The SMILES string of the molecule is CCc1o[nH]c(=O)c1-c1ccccc1Cl. The molecule has 3 nitrogen and oxygen atoms in total. The van der Waals surface area contributed by atoms with Crippen LogP contribution in [0.25, 0.3) is 11.1 Å².